The molecule has 0 bridgehead atoms. The molecule has 0 aromatic carbocycles. The minimum Gasteiger partial charge on any atom is -0.382 e. The lowest BCUT2D eigenvalue weighted by molar-refractivity contribution is -0.123. The molecule has 0 aromatic heterocycles. The van der Waals surface area contributed by atoms with Gasteiger partial charge in [0.1, 0.15) is 6.73 Å². The fraction of sp³-hybridized carbons (Fsp3) is 0.889. The molecule has 0 spiro atoms. The molecule has 0 fully saturated rings. The summed E-state index contributed by atoms with van der Waals surface area (Å²) in [7, 11) is 1.58. The van der Waals surface area contributed by atoms with Crippen molar-refractivity contribution in [3.05, 3.63) is 0 Å². The number of nitrogens with one attached hydrogen (secondary N) is 1. The number of carbonyl (C=O) groups excluding carboxylic acids is 1. The Labute approximate surface area is 100 Å². The normalized spacial score (nSPS) is 11.5. The minimum atomic E-state index is -1.36. The molecule has 1 N–H and O–H groups in total. The van der Waals surface area contributed by atoms with E-state index in [1.807, 2.05) is 6.92 Å². The molecule has 0 aliphatic rings. The second kappa shape index (κ2) is 8.16. The quantitative estimate of drug-likeness (QED) is 0.409. The zero-order valence-corrected chi connectivity index (χ0v) is 10.5. The Kier molecular flexibility index (Phi) is 8.14. The number of methoxy groups -OCH3 is 1. The number of ether oxygens (including phenoxy) is 2. The van der Waals surface area contributed by atoms with Crippen molar-refractivity contribution in [1.29, 1.82) is 0 Å². The molecule has 4 nitrogen and oxygen atoms in total. The Morgan fingerprint density at radius 3 is 2.60 bits per heavy atom. The standard InChI is InChI=1S/C9H17Cl2NO3/c1-3-4-9(10,11)8(13)12-7-15-6-5-14-2/h3-7H2,1-2H3,(H,12,13). The van der Waals surface area contributed by atoms with Crippen LogP contribution in [0.15, 0.2) is 0 Å². The Bertz CT molecular complexity index is 188. The van der Waals surface area contributed by atoms with E-state index >= 15 is 0 Å². The predicted octanol–water partition coefficient (Wildman–Crippen LogP) is 1.70. The first kappa shape index (κ1) is 15.0. The van der Waals surface area contributed by atoms with Crippen molar-refractivity contribution in [2.45, 2.75) is 24.1 Å². The van der Waals surface area contributed by atoms with Gasteiger partial charge in [-0.15, -0.1) is 0 Å². The lowest BCUT2D eigenvalue weighted by atomic mass is 10.2. The van der Waals surface area contributed by atoms with Crippen molar-refractivity contribution in [1.82, 2.24) is 5.32 Å². The third kappa shape index (κ3) is 6.95. The number of rotatable bonds is 8. The zero-order chi connectivity index (χ0) is 11.7. The maximum atomic E-state index is 11.4. The summed E-state index contributed by atoms with van der Waals surface area (Å²) >= 11 is 11.6. The molecule has 0 aliphatic heterocycles. The smallest absolute Gasteiger partial charge is 0.258 e. The summed E-state index contributed by atoms with van der Waals surface area (Å²) in [5.41, 5.74) is 0. The van der Waals surface area contributed by atoms with Gasteiger partial charge in [-0.2, -0.15) is 0 Å². The molecule has 0 heterocycles. The minimum absolute atomic E-state index is 0.0904. The van der Waals surface area contributed by atoms with E-state index in [9.17, 15) is 4.79 Å². The summed E-state index contributed by atoms with van der Waals surface area (Å²) in [6, 6.07) is 0. The maximum Gasteiger partial charge on any atom is 0.258 e. The SMILES string of the molecule is CCCC(Cl)(Cl)C(=O)NCOCCOC. The average Bonchev–Trinajstić information content (AvgIpc) is 2.17. The Balaban J connectivity index is 3.64. The van der Waals surface area contributed by atoms with Crippen LogP contribution in [0.2, 0.25) is 0 Å². The van der Waals surface area contributed by atoms with Crippen LogP contribution in [-0.4, -0.2) is 37.3 Å². The predicted molar refractivity (Wildman–Crippen MR) is 60.2 cm³/mol. The Hall–Kier alpha value is -0.0300. The van der Waals surface area contributed by atoms with E-state index in [1.54, 1.807) is 7.11 Å². The zero-order valence-electron chi connectivity index (χ0n) is 9.02. The van der Waals surface area contributed by atoms with Crippen LogP contribution in [0.4, 0.5) is 0 Å². The highest BCUT2D eigenvalue weighted by Gasteiger charge is 2.32. The van der Waals surface area contributed by atoms with Gasteiger partial charge in [-0.25, -0.2) is 0 Å². The molecule has 0 radical (unpaired) electrons. The van der Waals surface area contributed by atoms with Crippen molar-refractivity contribution < 1.29 is 14.3 Å². The second-order valence-electron chi connectivity index (χ2n) is 3.01. The van der Waals surface area contributed by atoms with Crippen LogP contribution < -0.4 is 5.32 Å². The highest BCUT2D eigenvalue weighted by Crippen LogP contribution is 2.26. The number of carbonyl (C=O) groups is 1. The van der Waals surface area contributed by atoms with Gasteiger partial charge < -0.3 is 14.8 Å². The van der Waals surface area contributed by atoms with Crippen molar-refractivity contribution in [3.8, 4) is 0 Å². The van der Waals surface area contributed by atoms with Gasteiger partial charge in [0.15, 0.2) is 4.33 Å². The lowest BCUT2D eigenvalue weighted by Gasteiger charge is -2.17. The monoisotopic (exact) mass is 257 g/mol. The summed E-state index contributed by atoms with van der Waals surface area (Å²) in [6.45, 7) is 2.90. The fourth-order valence-corrected chi connectivity index (χ4v) is 1.40. The number of hydrogen-bond acceptors (Lipinski definition) is 3. The van der Waals surface area contributed by atoms with Crippen molar-refractivity contribution >= 4 is 29.1 Å². The first-order valence-electron chi connectivity index (χ1n) is 4.77. The first-order chi connectivity index (χ1) is 7.04. The van der Waals surface area contributed by atoms with Crippen LogP contribution in [0.3, 0.4) is 0 Å². The summed E-state index contributed by atoms with van der Waals surface area (Å²) in [4.78, 5) is 11.4. The van der Waals surface area contributed by atoms with Gasteiger partial charge in [0.05, 0.1) is 13.2 Å². The lowest BCUT2D eigenvalue weighted by Crippen LogP contribution is -2.39. The molecule has 1 amide bonds. The van der Waals surface area contributed by atoms with E-state index in [2.05, 4.69) is 5.32 Å². The maximum absolute atomic E-state index is 11.4. The van der Waals surface area contributed by atoms with E-state index in [0.29, 0.717) is 19.6 Å². The van der Waals surface area contributed by atoms with Gasteiger partial charge in [0.2, 0.25) is 0 Å². The summed E-state index contributed by atoms with van der Waals surface area (Å²) in [5.74, 6) is -0.426. The van der Waals surface area contributed by atoms with Gasteiger partial charge >= 0.3 is 0 Å². The summed E-state index contributed by atoms with van der Waals surface area (Å²) in [5, 5.41) is 2.49. The Morgan fingerprint density at radius 1 is 1.40 bits per heavy atom. The summed E-state index contributed by atoms with van der Waals surface area (Å²) < 4.78 is 8.45. The van der Waals surface area contributed by atoms with Crippen LogP contribution in [0.25, 0.3) is 0 Å². The Morgan fingerprint density at radius 2 is 2.07 bits per heavy atom. The average molecular weight is 258 g/mol. The largest absolute Gasteiger partial charge is 0.382 e. The van der Waals surface area contributed by atoms with E-state index in [4.69, 9.17) is 32.7 Å². The summed E-state index contributed by atoms with van der Waals surface area (Å²) in [6.07, 6.45) is 1.16. The van der Waals surface area contributed by atoms with Gasteiger partial charge in [-0.1, -0.05) is 36.5 Å². The molecule has 0 saturated carbocycles. The third-order valence-corrected chi connectivity index (χ3v) is 2.38. The number of amides is 1. The van der Waals surface area contributed by atoms with Crippen molar-refractivity contribution in [3.63, 3.8) is 0 Å². The van der Waals surface area contributed by atoms with E-state index in [0.717, 1.165) is 6.42 Å². The molecule has 90 valence electrons. The molecule has 15 heavy (non-hydrogen) atoms. The van der Waals surface area contributed by atoms with Gasteiger partial charge in [0, 0.05) is 7.11 Å². The second-order valence-corrected chi connectivity index (χ2v) is 4.49. The number of alkyl halides is 2. The third-order valence-electron chi connectivity index (χ3n) is 1.66. The molecule has 0 rings (SSSR count). The van der Waals surface area contributed by atoms with Crippen LogP contribution in [0.5, 0.6) is 0 Å². The van der Waals surface area contributed by atoms with E-state index < -0.39 is 10.2 Å². The van der Waals surface area contributed by atoms with Crippen LogP contribution in [-0.2, 0) is 14.3 Å². The molecular formula is C9H17Cl2NO3. The fourth-order valence-electron chi connectivity index (χ4n) is 0.888. The van der Waals surface area contributed by atoms with Crippen LogP contribution >= 0.6 is 23.2 Å². The molecule has 0 aliphatic carbocycles. The van der Waals surface area contributed by atoms with Crippen LogP contribution in [0, 0.1) is 0 Å². The topological polar surface area (TPSA) is 47.6 Å². The highest BCUT2D eigenvalue weighted by atomic mass is 35.5. The number of hydrogen-bond donors (Lipinski definition) is 1. The van der Waals surface area contributed by atoms with Crippen LogP contribution in [0.1, 0.15) is 19.8 Å². The highest BCUT2D eigenvalue weighted by molar-refractivity contribution is 6.58. The molecule has 0 unspecified atom stereocenters. The van der Waals surface area contributed by atoms with E-state index in [-0.39, 0.29) is 6.73 Å². The first-order valence-corrected chi connectivity index (χ1v) is 5.53. The molecular weight excluding hydrogens is 241 g/mol. The van der Waals surface area contributed by atoms with Crippen molar-refractivity contribution in [2.75, 3.05) is 27.1 Å². The van der Waals surface area contributed by atoms with Crippen molar-refractivity contribution in [2.24, 2.45) is 0 Å². The molecule has 0 aromatic rings. The molecule has 6 heteroatoms. The molecule has 0 saturated heterocycles. The van der Waals surface area contributed by atoms with Gasteiger partial charge in [0.25, 0.3) is 5.91 Å². The van der Waals surface area contributed by atoms with E-state index in [1.165, 1.54) is 0 Å². The van der Waals surface area contributed by atoms with Gasteiger partial charge in [-0.3, -0.25) is 4.79 Å². The molecule has 0 atom stereocenters. The van der Waals surface area contributed by atoms with Gasteiger partial charge in [-0.05, 0) is 6.42 Å². The number of halogens is 2.